The van der Waals surface area contributed by atoms with Crippen LogP contribution in [0.25, 0.3) is 22.6 Å². The van der Waals surface area contributed by atoms with Crippen LogP contribution in [0, 0.1) is 0 Å². The zero-order chi connectivity index (χ0) is 16.5. The Balaban J connectivity index is 1.55. The summed E-state index contributed by atoms with van der Waals surface area (Å²) in [5.41, 5.74) is 1.00. The van der Waals surface area contributed by atoms with Crippen molar-refractivity contribution in [3.8, 4) is 11.7 Å². The van der Waals surface area contributed by atoms with Gasteiger partial charge in [0.2, 0.25) is 0 Å². The molecular formula is C16H13N5O3. The van der Waals surface area contributed by atoms with Crippen molar-refractivity contribution in [2.75, 3.05) is 5.32 Å². The first-order valence-electron chi connectivity index (χ1n) is 7.40. The number of furan rings is 1. The Morgan fingerprint density at radius 3 is 2.88 bits per heavy atom. The molecule has 24 heavy (non-hydrogen) atoms. The molecule has 8 nitrogen and oxygen atoms in total. The van der Waals surface area contributed by atoms with Crippen molar-refractivity contribution >= 4 is 22.9 Å². The van der Waals surface area contributed by atoms with Gasteiger partial charge in [0.1, 0.15) is 5.58 Å². The van der Waals surface area contributed by atoms with E-state index in [4.69, 9.17) is 8.83 Å². The highest BCUT2D eigenvalue weighted by Crippen LogP contribution is 2.27. The zero-order valence-corrected chi connectivity index (χ0v) is 12.8. The number of hydrogen-bond acceptors (Lipinski definition) is 6. The third kappa shape index (κ3) is 2.54. The molecule has 4 rings (SSSR count). The van der Waals surface area contributed by atoms with E-state index < -0.39 is 5.91 Å². The number of anilines is 1. The lowest BCUT2D eigenvalue weighted by atomic mass is 10.2. The number of fused-ring (bicyclic) bond motifs is 1. The lowest BCUT2D eigenvalue weighted by Gasteiger charge is -1.96. The van der Waals surface area contributed by atoms with Gasteiger partial charge in [0.15, 0.2) is 11.5 Å². The topological polar surface area (TPSA) is 99.0 Å². The van der Waals surface area contributed by atoms with Crippen molar-refractivity contribution in [1.82, 2.24) is 20.0 Å². The number of para-hydroxylation sites is 1. The molecule has 0 aliphatic rings. The molecule has 8 heteroatoms. The lowest BCUT2D eigenvalue weighted by molar-refractivity contribution is 0.101. The quantitative estimate of drug-likeness (QED) is 0.620. The molecule has 3 heterocycles. The molecule has 1 N–H and O–H groups in total. The van der Waals surface area contributed by atoms with Gasteiger partial charge in [0, 0.05) is 18.1 Å². The summed E-state index contributed by atoms with van der Waals surface area (Å²) in [5.74, 6) is 0.224. The molecule has 0 fully saturated rings. The molecular weight excluding hydrogens is 310 g/mol. The summed E-state index contributed by atoms with van der Waals surface area (Å²) in [7, 11) is 0. The molecule has 4 aromatic rings. The first kappa shape index (κ1) is 14.2. The van der Waals surface area contributed by atoms with E-state index >= 15 is 0 Å². The van der Waals surface area contributed by atoms with Gasteiger partial charge >= 0.3 is 6.01 Å². The zero-order valence-electron chi connectivity index (χ0n) is 12.8. The molecule has 0 atom stereocenters. The van der Waals surface area contributed by atoms with E-state index in [1.807, 2.05) is 31.2 Å². The average Bonchev–Trinajstić information content (AvgIpc) is 3.32. The molecule has 1 aromatic carbocycles. The first-order valence-corrected chi connectivity index (χ1v) is 7.40. The van der Waals surface area contributed by atoms with Gasteiger partial charge in [-0.2, -0.15) is 5.10 Å². The van der Waals surface area contributed by atoms with Gasteiger partial charge in [-0.15, -0.1) is 5.10 Å². The fraction of sp³-hybridized carbons (Fsp3) is 0.125. The summed E-state index contributed by atoms with van der Waals surface area (Å²) >= 11 is 0. The maximum atomic E-state index is 12.1. The summed E-state index contributed by atoms with van der Waals surface area (Å²) < 4.78 is 12.7. The number of carbonyl (C=O) groups is 1. The van der Waals surface area contributed by atoms with Crippen LogP contribution < -0.4 is 5.32 Å². The van der Waals surface area contributed by atoms with Gasteiger partial charge in [-0.25, -0.2) is 0 Å². The van der Waals surface area contributed by atoms with Crippen molar-refractivity contribution in [2.24, 2.45) is 0 Å². The largest absolute Gasteiger partial charge is 0.451 e. The number of rotatable bonds is 4. The van der Waals surface area contributed by atoms with Crippen molar-refractivity contribution in [3.63, 3.8) is 0 Å². The maximum Gasteiger partial charge on any atom is 0.322 e. The highest BCUT2D eigenvalue weighted by atomic mass is 16.4. The number of benzene rings is 1. The summed E-state index contributed by atoms with van der Waals surface area (Å²) in [6.45, 7) is 2.62. The number of hydrogen-bond donors (Lipinski definition) is 1. The van der Waals surface area contributed by atoms with E-state index in [0.717, 1.165) is 11.0 Å². The Hall–Kier alpha value is -3.42. The third-order valence-corrected chi connectivity index (χ3v) is 3.48. The number of nitrogens with one attached hydrogen (secondary N) is 1. The highest BCUT2D eigenvalue weighted by Gasteiger charge is 2.17. The minimum atomic E-state index is -0.415. The van der Waals surface area contributed by atoms with Gasteiger partial charge in [0.25, 0.3) is 11.8 Å². The van der Waals surface area contributed by atoms with Gasteiger partial charge in [-0.05, 0) is 25.1 Å². The van der Waals surface area contributed by atoms with Gasteiger partial charge in [-0.1, -0.05) is 23.3 Å². The van der Waals surface area contributed by atoms with E-state index in [9.17, 15) is 4.79 Å². The summed E-state index contributed by atoms with van der Waals surface area (Å²) in [5, 5.41) is 15.3. The molecule has 0 radical (unpaired) electrons. The first-order chi connectivity index (χ1) is 11.7. The van der Waals surface area contributed by atoms with E-state index in [0.29, 0.717) is 12.3 Å². The summed E-state index contributed by atoms with van der Waals surface area (Å²) in [6.07, 6.45) is 1.72. The number of carbonyl (C=O) groups excluding carboxylic acids is 1. The second-order valence-electron chi connectivity index (χ2n) is 5.07. The van der Waals surface area contributed by atoms with Crippen LogP contribution in [0.2, 0.25) is 0 Å². The molecule has 0 spiro atoms. The van der Waals surface area contributed by atoms with Crippen LogP contribution in [0.15, 0.2) is 51.4 Å². The van der Waals surface area contributed by atoms with Crippen LogP contribution in [0.1, 0.15) is 17.4 Å². The van der Waals surface area contributed by atoms with Crippen LogP contribution in [-0.2, 0) is 6.54 Å². The Kier molecular flexibility index (Phi) is 3.34. The van der Waals surface area contributed by atoms with Gasteiger partial charge in [0.05, 0.1) is 0 Å². The normalized spacial score (nSPS) is 11.0. The summed E-state index contributed by atoms with van der Waals surface area (Å²) in [4.78, 5) is 12.1. The standard InChI is InChI=1S/C16H13N5O3/c1-2-21-8-7-11(20-21)14(22)17-16-19-18-15(24-16)13-9-10-5-3-4-6-12(10)23-13/h3-9H,2H2,1H3,(H,17,19,22). The molecule has 1 amide bonds. The number of aromatic nitrogens is 4. The Morgan fingerprint density at radius 2 is 2.08 bits per heavy atom. The second kappa shape index (κ2) is 5.65. The van der Waals surface area contributed by atoms with Gasteiger partial charge < -0.3 is 8.83 Å². The molecule has 0 saturated carbocycles. The molecule has 0 saturated heterocycles. The maximum absolute atomic E-state index is 12.1. The lowest BCUT2D eigenvalue weighted by Crippen LogP contribution is -2.13. The highest BCUT2D eigenvalue weighted by molar-refractivity contribution is 6.01. The molecule has 120 valence electrons. The van der Waals surface area contributed by atoms with E-state index in [2.05, 4.69) is 20.6 Å². The number of amides is 1. The Labute approximate surface area is 136 Å². The van der Waals surface area contributed by atoms with E-state index in [-0.39, 0.29) is 17.6 Å². The van der Waals surface area contributed by atoms with E-state index in [1.54, 1.807) is 23.0 Å². The Bertz CT molecular complexity index is 981. The summed E-state index contributed by atoms with van der Waals surface area (Å²) in [6, 6.07) is 11.0. The second-order valence-corrected chi connectivity index (χ2v) is 5.07. The SMILES string of the molecule is CCn1ccc(C(=O)Nc2nnc(-c3cc4ccccc4o3)o2)n1. The van der Waals surface area contributed by atoms with Gasteiger partial charge in [-0.3, -0.25) is 14.8 Å². The van der Waals surface area contributed by atoms with Crippen LogP contribution in [0.5, 0.6) is 0 Å². The van der Waals surface area contributed by atoms with Crippen LogP contribution in [0.3, 0.4) is 0 Å². The predicted molar refractivity (Wildman–Crippen MR) is 85.4 cm³/mol. The van der Waals surface area contributed by atoms with E-state index in [1.165, 1.54) is 0 Å². The Morgan fingerprint density at radius 1 is 1.21 bits per heavy atom. The molecule has 0 aliphatic carbocycles. The van der Waals surface area contributed by atoms with Crippen molar-refractivity contribution < 1.29 is 13.6 Å². The van der Waals surface area contributed by atoms with Crippen LogP contribution in [-0.4, -0.2) is 25.9 Å². The molecule has 0 bridgehead atoms. The molecule has 0 aliphatic heterocycles. The minimum absolute atomic E-state index is 0.0125. The fourth-order valence-corrected chi connectivity index (χ4v) is 2.28. The fourth-order valence-electron chi connectivity index (χ4n) is 2.28. The predicted octanol–water partition coefficient (Wildman–Crippen LogP) is 2.95. The minimum Gasteiger partial charge on any atom is -0.451 e. The van der Waals surface area contributed by atoms with Crippen molar-refractivity contribution in [1.29, 1.82) is 0 Å². The van der Waals surface area contributed by atoms with Crippen LogP contribution >= 0.6 is 0 Å². The number of aryl methyl sites for hydroxylation is 1. The van der Waals surface area contributed by atoms with Crippen molar-refractivity contribution in [2.45, 2.75) is 13.5 Å². The number of nitrogens with zero attached hydrogens (tertiary/aromatic N) is 4. The molecule has 0 unspecified atom stereocenters. The van der Waals surface area contributed by atoms with Crippen molar-refractivity contribution in [3.05, 3.63) is 48.3 Å². The average molecular weight is 323 g/mol. The smallest absolute Gasteiger partial charge is 0.322 e. The molecule has 3 aromatic heterocycles. The third-order valence-electron chi connectivity index (χ3n) is 3.48. The van der Waals surface area contributed by atoms with Crippen LogP contribution in [0.4, 0.5) is 6.01 Å². The monoisotopic (exact) mass is 323 g/mol.